The van der Waals surface area contributed by atoms with Crippen LogP contribution in [-0.4, -0.2) is 4.98 Å². The van der Waals surface area contributed by atoms with Crippen molar-refractivity contribution < 1.29 is 0 Å². The van der Waals surface area contributed by atoms with E-state index < -0.39 is 0 Å². The second kappa shape index (κ2) is 3.44. The Balaban J connectivity index is 2.74. The maximum Gasteiger partial charge on any atom is 0.159 e. The van der Waals surface area contributed by atoms with Crippen LogP contribution >= 0.6 is 23.6 Å². The predicted octanol–water partition coefficient (Wildman–Crippen LogP) is 3.69. The van der Waals surface area contributed by atoms with Crippen molar-refractivity contribution in [3.8, 4) is 0 Å². The van der Waals surface area contributed by atoms with Crippen molar-refractivity contribution in [2.45, 2.75) is 6.42 Å². The van der Waals surface area contributed by atoms with Gasteiger partial charge in [-0.05, 0) is 30.3 Å². The fourth-order valence-corrected chi connectivity index (χ4v) is 2.51. The van der Waals surface area contributed by atoms with Gasteiger partial charge >= 0.3 is 0 Å². The van der Waals surface area contributed by atoms with Crippen LogP contribution < -0.4 is 0 Å². The van der Waals surface area contributed by atoms with E-state index in [9.17, 15) is 0 Å². The first-order chi connectivity index (χ1) is 6.31. The molecule has 0 amide bonds. The summed E-state index contributed by atoms with van der Waals surface area (Å²) in [5, 5.41) is 0. The number of allylic oxidation sites excluding steroid dienone is 1. The average molecular weight is 207 g/mol. The quantitative estimate of drug-likeness (QED) is 0.586. The molecule has 1 heterocycles. The minimum atomic E-state index is 0.839. The summed E-state index contributed by atoms with van der Waals surface area (Å²) in [6.07, 6.45) is 2.79. The van der Waals surface area contributed by atoms with Crippen LogP contribution in [0.2, 0.25) is 0 Å². The maximum absolute atomic E-state index is 5.09. The van der Waals surface area contributed by atoms with E-state index in [-0.39, 0.29) is 0 Å². The Morgan fingerprint density at radius 1 is 1.54 bits per heavy atom. The van der Waals surface area contributed by atoms with E-state index in [1.807, 2.05) is 6.08 Å². The van der Waals surface area contributed by atoms with Crippen LogP contribution in [0, 0.1) is 3.95 Å². The smallest absolute Gasteiger partial charge is 0.159 e. The largest absolute Gasteiger partial charge is 0.337 e. The number of fused-ring (bicyclic) bond motifs is 1. The molecule has 0 aliphatic carbocycles. The normalized spacial score (nSPS) is 10.5. The molecule has 0 spiro atoms. The summed E-state index contributed by atoms with van der Waals surface area (Å²) in [6, 6.07) is 6.24. The van der Waals surface area contributed by atoms with Gasteiger partial charge in [0.25, 0.3) is 0 Å². The molecular weight excluding hydrogens is 198 g/mol. The molecule has 0 unspecified atom stereocenters. The first-order valence-corrected chi connectivity index (χ1v) is 5.25. The third-order valence-corrected chi connectivity index (χ3v) is 3.11. The molecule has 0 saturated carbocycles. The Morgan fingerprint density at radius 3 is 3.15 bits per heavy atom. The Kier molecular flexibility index (Phi) is 2.29. The number of hydrogen-bond donors (Lipinski definition) is 1. The Morgan fingerprint density at radius 2 is 2.38 bits per heavy atom. The lowest BCUT2D eigenvalue weighted by Gasteiger charge is -1.97. The average Bonchev–Trinajstić information content (AvgIpc) is 2.47. The van der Waals surface area contributed by atoms with Crippen LogP contribution in [-0.2, 0) is 6.42 Å². The molecule has 2 aromatic rings. The van der Waals surface area contributed by atoms with Crippen LogP contribution in [0.4, 0.5) is 0 Å². The summed E-state index contributed by atoms with van der Waals surface area (Å²) in [4.78, 5) is 3.20. The lowest BCUT2D eigenvalue weighted by atomic mass is 10.1. The third-order valence-electron chi connectivity index (χ3n) is 1.91. The highest BCUT2D eigenvalue weighted by molar-refractivity contribution is 7.73. The summed E-state index contributed by atoms with van der Waals surface area (Å²) >= 11 is 6.71. The molecule has 1 aromatic heterocycles. The Bertz CT molecular complexity index is 493. The molecular formula is C10H9NS2. The van der Waals surface area contributed by atoms with Crippen molar-refractivity contribution in [1.29, 1.82) is 0 Å². The minimum absolute atomic E-state index is 0.839. The van der Waals surface area contributed by atoms with E-state index in [1.54, 1.807) is 11.3 Å². The number of para-hydroxylation sites is 1. The SMILES string of the molecule is C=CCc1cccc2sc(=S)[nH]c12. The zero-order chi connectivity index (χ0) is 9.26. The van der Waals surface area contributed by atoms with Crippen LogP contribution in [0.15, 0.2) is 30.9 Å². The summed E-state index contributed by atoms with van der Waals surface area (Å²) < 4.78 is 2.07. The lowest BCUT2D eigenvalue weighted by Crippen LogP contribution is -1.81. The number of thiazole rings is 1. The van der Waals surface area contributed by atoms with Gasteiger partial charge < -0.3 is 4.98 Å². The van der Waals surface area contributed by atoms with Crippen molar-refractivity contribution in [2.24, 2.45) is 0 Å². The van der Waals surface area contributed by atoms with Crippen LogP contribution in [0.3, 0.4) is 0 Å². The fraction of sp³-hybridized carbons (Fsp3) is 0.100. The van der Waals surface area contributed by atoms with Gasteiger partial charge in [-0.2, -0.15) is 0 Å². The second-order valence-electron chi connectivity index (χ2n) is 2.80. The molecule has 0 bridgehead atoms. The number of H-pyrrole nitrogens is 1. The molecule has 2 rings (SSSR count). The van der Waals surface area contributed by atoms with E-state index in [4.69, 9.17) is 12.2 Å². The Labute approximate surface area is 85.7 Å². The lowest BCUT2D eigenvalue weighted by molar-refractivity contribution is 1.28. The molecule has 3 heteroatoms. The first kappa shape index (κ1) is 8.66. The summed E-state index contributed by atoms with van der Waals surface area (Å²) in [5.74, 6) is 0. The monoisotopic (exact) mass is 207 g/mol. The molecule has 0 aliphatic rings. The van der Waals surface area contributed by atoms with E-state index >= 15 is 0 Å². The van der Waals surface area contributed by atoms with Gasteiger partial charge in [-0.1, -0.05) is 18.2 Å². The standard InChI is InChI=1S/C10H9NS2/c1-2-4-7-5-3-6-8-9(7)11-10(12)13-8/h2-3,5-6H,1,4H2,(H,11,12). The van der Waals surface area contributed by atoms with Crippen LogP contribution in [0.5, 0.6) is 0 Å². The van der Waals surface area contributed by atoms with Crippen LogP contribution in [0.25, 0.3) is 10.2 Å². The van der Waals surface area contributed by atoms with Gasteiger partial charge in [0.2, 0.25) is 0 Å². The number of benzene rings is 1. The minimum Gasteiger partial charge on any atom is -0.337 e. The maximum atomic E-state index is 5.09. The van der Waals surface area contributed by atoms with E-state index in [0.717, 1.165) is 15.9 Å². The van der Waals surface area contributed by atoms with E-state index in [0.29, 0.717) is 0 Å². The van der Waals surface area contributed by atoms with E-state index in [1.165, 1.54) is 10.3 Å². The number of rotatable bonds is 2. The van der Waals surface area contributed by atoms with Gasteiger partial charge in [0.1, 0.15) is 0 Å². The second-order valence-corrected chi connectivity index (χ2v) is 4.52. The number of nitrogens with one attached hydrogen (secondary N) is 1. The van der Waals surface area contributed by atoms with Gasteiger partial charge in [-0.3, -0.25) is 0 Å². The van der Waals surface area contributed by atoms with Crippen molar-refractivity contribution in [3.63, 3.8) is 0 Å². The fourth-order valence-electron chi connectivity index (χ4n) is 1.36. The number of aromatic amines is 1. The molecule has 1 nitrogen and oxygen atoms in total. The van der Waals surface area contributed by atoms with Gasteiger partial charge in [0, 0.05) is 0 Å². The molecule has 13 heavy (non-hydrogen) atoms. The van der Waals surface area contributed by atoms with Gasteiger partial charge in [-0.25, -0.2) is 0 Å². The topological polar surface area (TPSA) is 15.8 Å². The summed E-state index contributed by atoms with van der Waals surface area (Å²) in [6.45, 7) is 3.73. The molecule has 0 fully saturated rings. The van der Waals surface area contributed by atoms with Crippen LogP contribution in [0.1, 0.15) is 5.56 Å². The number of aromatic nitrogens is 1. The molecule has 0 atom stereocenters. The molecule has 1 aromatic carbocycles. The van der Waals surface area contributed by atoms with Crippen molar-refractivity contribution in [2.75, 3.05) is 0 Å². The van der Waals surface area contributed by atoms with Crippen molar-refractivity contribution in [3.05, 3.63) is 40.4 Å². The molecule has 66 valence electrons. The van der Waals surface area contributed by atoms with Gasteiger partial charge in [0.05, 0.1) is 10.2 Å². The first-order valence-electron chi connectivity index (χ1n) is 4.03. The highest BCUT2D eigenvalue weighted by atomic mass is 32.1. The summed E-state index contributed by atoms with van der Waals surface area (Å²) in [7, 11) is 0. The third kappa shape index (κ3) is 1.57. The van der Waals surface area contributed by atoms with E-state index in [2.05, 4.69) is 29.8 Å². The molecule has 1 N–H and O–H groups in total. The van der Waals surface area contributed by atoms with Crippen molar-refractivity contribution >= 4 is 33.8 Å². The van der Waals surface area contributed by atoms with Crippen molar-refractivity contribution in [1.82, 2.24) is 4.98 Å². The molecule has 0 saturated heterocycles. The zero-order valence-electron chi connectivity index (χ0n) is 7.04. The number of hydrogen-bond acceptors (Lipinski definition) is 2. The summed E-state index contributed by atoms with van der Waals surface area (Å²) in [5.41, 5.74) is 2.43. The Hall–Kier alpha value is -0.930. The molecule has 0 radical (unpaired) electrons. The predicted molar refractivity (Wildman–Crippen MR) is 60.9 cm³/mol. The zero-order valence-corrected chi connectivity index (χ0v) is 8.67. The highest BCUT2D eigenvalue weighted by Gasteiger charge is 2.00. The van der Waals surface area contributed by atoms with Gasteiger partial charge in [-0.15, -0.1) is 17.9 Å². The van der Waals surface area contributed by atoms with Gasteiger partial charge in [0.15, 0.2) is 3.95 Å². The molecule has 0 aliphatic heterocycles. The highest BCUT2D eigenvalue weighted by Crippen LogP contribution is 2.22.